The van der Waals surface area contributed by atoms with Crippen molar-refractivity contribution in [1.29, 1.82) is 5.26 Å². The first-order valence-corrected chi connectivity index (χ1v) is 8.57. The van der Waals surface area contributed by atoms with Gasteiger partial charge in [-0.2, -0.15) is 5.26 Å². The van der Waals surface area contributed by atoms with E-state index in [4.69, 9.17) is 0 Å². The van der Waals surface area contributed by atoms with Crippen molar-refractivity contribution in [2.24, 2.45) is 5.92 Å². The van der Waals surface area contributed by atoms with Crippen molar-refractivity contribution in [2.75, 3.05) is 25.0 Å². The number of benzene rings is 1. The summed E-state index contributed by atoms with van der Waals surface area (Å²) < 4.78 is 0. The first-order chi connectivity index (χ1) is 11.8. The molecule has 6 nitrogen and oxygen atoms in total. The van der Waals surface area contributed by atoms with Gasteiger partial charge in [-0.05, 0) is 38.4 Å². The third-order valence-corrected chi connectivity index (χ3v) is 4.96. The number of amides is 2. The molecular formula is C19H26N4O2. The van der Waals surface area contributed by atoms with E-state index in [1.54, 1.807) is 23.8 Å². The monoisotopic (exact) mass is 342 g/mol. The van der Waals surface area contributed by atoms with Crippen LogP contribution in [0.3, 0.4) is 0 Å². The number of nitrogens with zero attached hydrogens (tertiary/aromatic N) is 3. The number of nitriles is 1. The molecule has 6 heteroatoms. The van der Waals surface area contributed by atoms with Gasteiger partial charge in [-0.15, -0.1) is 0 Å². The molecule has 0 saturated carbocycles. The number of carbonyl (C=O) groups excluding carboxylic acids is 2. The third-order valence-electron chi connectivity index (χ3n) is 4.96. The van der Waals surface area contributed by atoms with Crippen LogP contribution in [0.4, 0.5) is 5.69 Å². The Balaban J connectivity index is 1.98. The summed E-state index contributed by atoms with van der Waals surface area (Å²) in [5.41, 5.74) is -0.0297. The predicted molar refractivity (Wildman–Crippen MR) is 96.8 cm³/mol. The lowest BCUT2D eigenvalue weighted by molar-refractivity contribution is -0.126. The third kappa shape index (κ3) is 4.18. The average molecular weight is 342 g/mol. The highest BCUT2D eigenvalue weighted by molar-refractivity contribution is 5.99. The highest BCUT2D eigenvalue weighted by Gasteiger charge is 2.37. The molecule has 2 amide bonds. The van der Waals surface area contributed by atoms with E-state index in [-0.39, 0.29) is 30.3 Å². The van der Waals surface area contributed by atoms with Crippen LogP contribution in [0.2, 0.25) is 0 Å². The molecule has 134 valence electrons. The summed E-state index contributed by atoms with van der Waals surface area (Å²) in [4.78, 5) is 28.5. The van der Waals surface area contributed by atoms with Crippen molar-refractivity contribution < 1.29 is 9.59 Å². The molecule has 1 aromatic carbocycles. The van der Waals surface area contributed by atoms with Gasteiger partial charge >= 0.3 is 0 Å². The Morgan fingerprint density at radius 2 is 2.08 bits per heavy atom. The quantitative estimate of drug-likeness (QED) is 0.855. The van der Waals surface area contributed by atoms with Gasteiger partial charge in [-0.3, -0.25) is 14.5 Å². The number of anilines is 1. The molecular weight excluding hydrogens is 316 g/mol. The molecule has 1 aliphatic rings. The standard InChI is InChI=1S/C19H26N4O2/c1-14(2)19(3,13-20)21-17(24)12-22(4)16-10-11-23(18(16)25)15-8-6-5-7-9-15/h5-9,14,16H,10-12H2,1-4H3,(H,21,24)/t16-,19-/m1/s1. The minimum absolute atomic E-state index is 0.00607. The maximum atomic E-state index is 12.7. The summed E-state index contributed by atoms with van der Waals surface area (Å²) in [5, 5.41) is 12.1. The van der Waals surface area contributed by atoms with Crippen molar-refractivity contribution in [3.63, 3.8) is 0 Å². The van der Waals surface area contributed by atoms with Crippen molar-refractivity contribution in [3.05, 3.63) is 30.3 Å². The first kappa shape index (κ1) is 18.9. The van der Waals surface area contributed by atoms with Gasteiger partial charge in [0.15, 0.2) is 0 Å². The summed E-state index contributed by atoms with van der Waals surface area (Å²) in [5.74, 6) is -0.243. The molecule has 0 bridgehead atoms. The van der Waals surface area contributed by atoms with Crippen molar-refractivity contribution >= 4 is 17.5 Å². The number of nitrogens with one attached hydrogen (secondary N) is 1. The molecule has 1 saturated heterocycles. The zero-order valence-electron chi connectivity index (χ0n) is 15.3. The summed E-state index contributed by atoms with van der Waals surface area (Å²) in [6, 6.07) is 11.4. The Morgan fingerprint density at radius 3 is 2.64 bits per heavy atom. The first-order valence-electron chi connectivity index (χ1n) is 8.57. The summed E-state index contributed by atoms with van der Waals surface area (Å²) >= 11 is 0. The van der Waals surface area contributed by atoms with E-state index < -0.39 is 5.54 Å². The fraction of sp³-hybridized carbons (Fsp3) is 0.526. The van der Waals surface area contributed by atoms with Crippen molar-refractivity contribution in [1.82, 2.24) is 10.2 Å². The summed E-state index contributed by atoms with van der Waals surface area (Å²) in [6.45, 7) is 6.23. The minimum atomic E-state index is -0.909. The van der Waals surface area contributed by atoms with Gasteiger partial charge in [-0.25, -0.2) is 0 Å². The second kappa shape index (κ2) is 7.66. The molecule has 0 aromatic heterocycles. The second-order valence-corrected chi connectivity index (χ2v) is 7.06. The molecule has 1 aliphatic heterocycles. The lowest BCUT2D eigenvalue weighted by atomic mass is 9.90. The van der Waals surface area contributed by atoms with Crippen LogP contribution >= 0.6 is 0 Å². The molecule has 2 atom stereocenters. The molecule has 0 aliphatic carbocycles. The number of carbonyl (C=O) groups is 2. The van der Waals surface area contributed by atoms with Crippen molar-refractivity contribution in [3.8, 4) is 6.07 Å². The highest BCUT2D eigenvalue weighted by Crippen LogP contribution is 2.23. The molecule has 25 heavy (non-hydrogen) atoms. The lowest BCUT2D eigenvalue weighted by Gasteiger charge is -2.29. The fourth-order valence-electron chi connectivity index (χ4n) is 2.91. The van der Waals surface area contributed by atoms with Crippen LogP contribution in [0.5, 0.6) is 0 Å². The van der Waals surface area contributed by atoms with E-state index in [1.807, 2.05) is 44.2 Å². The maximum Gasteiger partial charge on any atom is 0.244 e. The molecule has 1 N–H and O–H groups in total. The molecule has 1 aromatic rings. The topological polar surface area (TPSA) is 76.4 Å². The van der Waals surface area contributed by atoms with Crippen LogP contribution in [0.15, 0.2) is 30.3 Å². The number of rotatable bonds is 6. The van der Waals surface area contributed by atoms with Gasteiger partial charge in [0.2, 0.25) is 11.8 Å². The van der Waals surface area contributed by atoms with Crippen LogP contribution in [-0.4, -0.2) is 48.4 Å². The van der Waals surface area contributed by atoms with Gasteiger partial charge < -0.3 is 10.2 Å². The number of likely N-dealkylation sites (N-methyl/N-ethyl adjacent to an activating group) is 1. The van der Waals surface area contributed by atoms with Gasteiger partial charge in [0, 0.05) is 12.2 Å². The van der Waals surface area contributed by atoms with E-state index in [9.17, 15) is 14.9 Å². The van der Waals surface area contributed by atoms with Crippen molar-refractivity contribution in [2.45, 2.75) is 38.8 Å². The van der Waals surface area contributed by atoms with Crippen LogP contribution in [0.1, 0.15) is 27.2 Å². The van der Waals surface area contributed by atoms with Crippen LogP contribution in [0.25, 0.3) is 0 Å². The minimum Gasteiger partial charge on any atom is -0.337 e. The SMILES string of the molecule is CC(C)[C@@](C)(C#N)NC(=O)CN(C)[C@@H]1CCN(c2ccccc2)C1=O. The van der Waals surface area contributed by atoms with Gasteiger partial charge in [0.25, 0.3) is 0 Å². The normalized spacial score (nSPS) is 19.8. The van der Waals surface area contributed by atoms with Gasteiger partial charge in [-0.1, -0.05) is 32.0 Å². The van der Waals surface area contributed by atoms with Gasteiger partial charge in [0.1, 0.15) is 5.54 Å². The summed E-state index contributed by atoms with van der Waals surface area (Å²) in [7, 11) is 1.77. The Bertz CT molecular complexity index is 668. The number of para-hydroxylation sites is 1. The molecule has 2 rings (SSSR count). The van der Waals surface area contributed by atoms with Crippen LogP contribution in [0, 0.1) is 17.2 Å². The van der Waals surface area contributed by atoms with Gasteiger partial charge in [0.05, 0.1) is 18.7 Å². The van der Waals surface area contributed by atoms with E-state index in [0.717, 1.165) is 5.69 Å². The highest BCUT2D eigenvalue weighted by atomic mass is 16.2. The van der Waals surface area contributed by atoms with E-state index >= 15 is 0 Å². The molecule has 0 radical (unpaired) electrons. The Labute approximate surface area is 149 Å². The molecule has 0 spiro atoms. The summed E-state index contributed by atoms with van der Waals surface area (Å²) in [6.07, 6.45) is 0.678. The lowest BCUT2D eigenvalue weighted by Crippen LogP contribution is -2.53. The van der Waals surface area contributed by atoms with Crippen LogP contribution < -0.4 is 10.2 Å². The Morgan fingerprint density at radius 1 is 1.44 bits per heavy atom. The van der Waals surface area contributed by atoms with E-state index in [0.29, 0.717) is 13.0 Å². The molecule has 1 heterocycles. The van der Waals surface area contributed by atoms with Crippen LogP contribution in [-0.2, 0) is 9.59 Å². The largest absolute Gasteiger partial charge is 0.337 e. The Hall–Kier alpha value is -2.39. The number of hydrogen-bond donors (Lipinski definition) is 1. The maximum absolute atomic E-state index is 12.7. The number of hydrogen-bond acceptors (Lipinski definition) is 4. The smallest absolute Gasteiger partial charge is 0.244 e. The second-order valence-electron chi connectivity index (χ2n) is 7.06. The van der Waals surface area contributed by atoms with E-state index in [2.05, 4.69) is 11.4 Å². The zero-order chi connectivity index (χ0) is 18.6. The Kier molecular flexibility index (Phi) is 5.81. The molecule has 0 unspecified atom stereocenters. The zero-order valence-corrected chi connectivity index (χ0v) is 15.3. The average Bonchev–Trinajstić information content (AvgIpc) is 2.96. The van der Waals surface area contributed by atoms with E-state index in [1.165, 1.54) is 0 Å². The predicted octanol–water partition coefficient (Wildman–Crippen LogP) is 1.78. The molecule has 1 fully saturated rings. The fourth-order valence-corrected chi connectivity index (χ4v) is 2.91.